The second-order valence-electron chi connectivity index (χ2n) is 5.67. The minimum Gasteiger partial charge on any atom is -0.467 e. The highest BCUT2D eigenvalue weighted by molar-refractivity contribution is 5.84. The number of benzene rings is 2. The molecule has 0 N–H and O–H groups in total. The molecule has 0 aromatic heterocycles. The van der Waals surface area contributed by atoms with Gasteiger partial charge in [-0.15, -0.1) is 0 Å². The number of hydrogen-bond donors (Lipinski definition) is 0. The molecule has 0 aliphatic rings. The van der Waals surface area contributed by atoms with Gasteiger partial charge in [-0.05, 0) is 30.4 Å². The Balaban J connectivity index is 1.77. The molecule has 2 aromatic carbocycles. The zero-order valence-electron chi connectivity index (χ0n) is 14.5. The van der Waals surface area contributed by atoms with E-state index in [1.54, 1.807) is 6.21 Å². The molecule has 4 heteroatoms. The van der Waals surface area contributed by atoms with Crippen LogP contribution in [-0.4, -0.2) is 38.1 Å². The van der Waals surface area contributed by atoms with Gasteiger partial charge in [0.2, 0.25) is 0 Å². The Morgan fingerprint density at radius 1 is 0.960 bits per heavy atom. The van der Waals surface area contributed by atoms with Crippen LogP contribution in [0.25, 0.3) is 0 Å². The maximum absolute atomic E-state index is 11.9. The molecule has 25 heavy (non-hydrogen) atoms. The lowest BCUT2D eigenvalue weighted by Crippen LogP contribution is -2.20. The topological polar surface area (TPSA) is 51.0 Å². The van der Waals surface area contributed by atoms with Crippen LogP contribution in [0.5, 0.6) is 0 Å². The summed E-state index contributed by atoms with van der Waals surface area (Å²) in [6.45, 7) is 0.741. The van der Waals surface area contributed by atoms with E-state index in [-0.39, 0.29) is 5.97 Å². The van der Waals surface area contributed by atoms with Crippen molar-refractivity contribution in [1.82, 2.24) is 0 Å². The van der Waals surface area contributed by atoms with Crippen molar-refractivity contribution < 1.29 is 9.53 Å². The molecular weight excluding hydrogens is 312 g/mol. The van der Waals surface area contributed by atoms with Crippen molar-refractivity contribution in [2.45, 2.75) is 25.3 Å². The van der Waals surface area contributed by atoms with Crippen LogP contribution in [0.1, 0.15) is 30.4 Å². The molecule has 1 atom stereocenters. The van der Waals surface area contributed by atoms with Crippen LogP contribution in [0.3, 0.4) is 0 Å². The Morgan fingerprint density at radius 3 is 2.16 bits per heavy atom. The van der Waals surface area contributed by atoms with E-state index in [0.717, 1.165) is 30.5 Å². The molecule has 0 fully saturated rings. The zero-order valence-corrected chi connectivity index (χ0v) is 14.5. The van der Waals surface area contributed by atoms with Gasteiger partial charge in [0, 0.05) is 19.0 Å². The molecule has 0 saturated heterocycles. The largest absolute Gasteiger partial charge is 0.467 e. The van der Waals surface area contributed by atoms with Crippen molar-refractivity contribution in [2.24, 2.45) is 9.98 Å². The number of carbonyl (C=O) groups excluding carboxylic acids is 1. The monoisotopic (exact) mass is 336 g/mol. The summed E-state index contributed by atoms with van der Waals surface area (Å²) in [7, 11) is 1.40. The predicted molar refractivity (Wildman–Crippen MR) is 103 cm³/mol. The summed E-state index contributed by atoms with van der Waals surface area (Å²) in [5.74, 6) is -0.292. The van der Waals surface area contributed by atoms with Crippen LogP contribution in [0, 0.1) is 0 Å². The molecular formula is C21H24N2O2. The van der Waals surface area contributed by atoms with E-state index < -0.39 is 6.04 Å². The summed E-state index contributed by atoms with van der Waals surface area (Å²) in [6, 6.07) is 19.3. The van der Waals surface area contributed by atoms with Gasteiger partial charge in [0.15, 0.2) is 0 Å². The molecule has 2 aromatic rings. The van der Waals surface area contributed by atoms with Gasteiger partial charge in [-0.2, -0.15) is 0 Å². The average molecular weight is 336 g/mol. The van der Waals surface area contributed by atoms with E-state index in [4.69, 9.17) is 4.74 Å². The molecule has 0 aliphatic heterocycles. The van der Waals surface area contributed by atoms with E-state index in [1.165, 1.54) is 7.11 Å². The normalized spacial score (nSPS) is 12.5. The fraction of sp³-hybridized carbons (Fsp3) is 0.286. The smallest absolute Gasteiger partial charge is 0.330 e. The van der Waals surface area contributed by atoms with E-state index >= 15 is 0 Å². The standard InChI is InChI=1S/C21H24N2O2/c1-25-21(24)20(23-17-19-12-6-3-7-13-19)14-8-9-15-22-16-18-10-4-2-5-11-18/h2-7,10-13,16-17,20H,8-9,14-15H2,1H3/b22-16+,23-17+. The first-order chi connectivity index (χ1) is 12.3. The highest BCUT2D eigenvalue weighted by atomic mass is 16.5. The number of unbranched alkanes of at least 4 members (excludes halogenated alkanes) is 1. The zero-order chi connectivity index (χ0) is 17.7. The van der Waals surface area contributed by atoms with Crippen molar-refractivity contribution in [3.63, 3.8) is 0 Å². The first kappa shape index (κ1) is 18.6. The third-order valence-electron chi connectivity index (χ3n) is 3.73. The van der Waals surface area contributed by atoms with Crippen molar-refractivity contribution in [1.29, 1.82) is 0 Å². The summed E-state index contributed by atoms with van der Waals surface area (Å²) >= 11 is 0. The van der Waals surface area contributed by atoms with E-state index in [2.05, 4.69) is 9.98 Å². The highest BCUT2D eigenvalue weighted by Gasteiger charge is 2.16. The maximum atomic E-state index is 11.9. The molecule has 0 amide bonds. The average Bonchev–Trinajstić information content (AvgIpc) is 2.67. The van der Waals surface area contributed by atoms with Crippen molar-refractivity contribution in [3.8, 4) is 0 Å². The second kappa shape index (κ2) is 10.9. The minimum atomic E-state index is -0.455. The van der Waals surface area contributed by atoms with Crippen LogP contribution < -0.4 is 0 Å². The summed E-state index contributed by atoms with van der Waals surface area (Å²) in [5.41, 5.74) is 2.08. The van der Waals surface area contributed by atoms with Gasteiger partial charge < -0.3 is 4.74 Å². The third-order valence-corrected chi connectivity index (χ3v) is 3.73. The Morgan fingerprint density at radius 2 is 1.56 bits per heavy atom. The Bertz CT molecular complexity index is 682. The van der Waals surface area contributed by atoms with Crippen molar-refractivity contribution in [3.05, 3.63) is 71.8 Å². The summed E-state index contributed by atoms with van der Waals surface area (Å²) in [6.07, 6.45) is 6.06. The molecule has 2 rings (SSSR count). The molecule has 0 bridgehead atoms. The lowest BCUT2D eigenvalue weighted by Gasteiger charge is -2.09. The fourth-order valence-electron chi connectivity index (χ4n) is 2.35. The van der Waals surface area contributed by atoms with E-state index in [0.29, 0.717) is 6.42 Å². The molecule has 0 saturated carbocycles. The summed E-state index contributed by atoms with van der Waals surface area (Å²) < 4.78 is 4.85. The number of hydrogen-bond acceptors (Lipinski definition) is 4. The van der Waals surface area contributed by atoms with Gasteiger partial charge in [-0.1, -0.05) is 60.7 Å². The number of ether oxygens (including phenoxy) is 1. The highest BCUT2D eigenvalue weighted by Crippen LogP contribution is 2.08. The van der Waals surface area contributed by atoms with Crippen LogP contribution in [0.2, 0.25) is 0 Å². The van der Waals surface area contributed by atoms with Gasteiger partial charge in [0.1, 0.15) is 6.04 Å². The second-order valence-corrected chi connectivity index (χ2v) is 5.67. The Hall–Kier alpha value is -2.75. The van der Waals surface area contributed by atoms with Crippen LogP contribution in [0.4, 0.5) is 0 Å². The predicted octanol–water partition coefficient (Wildman–Crippen LogP) is 3.94. The van der Waals surface area contributed by atoms with E-state index in [1.807, 2.05) is 66.9 Å². The fourth-order valence-corrected chi connectivity index (χ4v) is 2.35. The lowest BCUT2D eigenvalue weighted by atomic mass is 10.1. The lowest BCUT2D eigenvalue weighted by molar-refractivity contribution is -0.142. The number of rotatable bonds is 9. The Labute approximate surface area is 149 Å². The van der Waals surface area contributed by atoms with Gasteiger partial charge in [-0.3, -0.25) is 9.98 Å². The number of esters is 1. The summed E-state index contributed by atoms with van der Waals surface area (Å²) in [4.78, 5) is 20.7. The molecule has 0 aliphatic carbocycles. The number of nitrogens with zero attached hydrogens (tertiary/aromatic N) is 2. The quantitative estimate of drug-likeness (QED) is 0.396. The maximum Gasteiger partial charge on any atom is 0.330 e. The first-order valence-corrected chi connectivity index (χ1v) is 8.50. The molecule has 1 unspecified atom stereocenters. The van der Waals surface area contributed by atoms with Gasteiger partial charge >= 0.3 is 5.97 Å². The van der Waals surface area contributed by atoms with Crippen molar-refractivity contribution in [2.75, 3.05) is 13.7 Å². The molecule has 0 radical (unpaired) electrons. The number of methoxy groups -OCH3 is 1. The first-order valence-electron chi connectivity index (χ1n) is 8.50. The van der Waals surface area contributed by atoms with Gasteiger partial charge in [0.25, 0.3) is 0 Å². The van der Waals surface area contributed by atoms with Gasteiger partial charge in [-0.25, -0.2) is 4.79 Å². The van der Waals surface area contributed by atoms with Crippen LogP contribution >= 0.6 is 0 Å². The molecule has 130 valence electrons. The number of aliphatic imine (C=N–C) groups is 2. The molecule has 0 spiro atoms. The van der Waals surface area contributed by atoms with Crippen LogP contribution in [-0.2, 0) is 9.53 Å². The summed E-state index contributed by atoms with van der Waals surface area (Å²) in [5, 5.41) is 0. The Kier molecular flexibility index (Phi) is 8.12. The third kappa shape index (κ3) is 7.12. The van der Waals surface area contributed by atoms with Gasteiger partial charge in [0.05, 0.1) is 7.11 Å². The number of carbonyl (C=O) groups is 1. The van der Waals surface area contributed by atoms with E-state index in [9.17, 15) is 4.79 Å². The minimum absolute atomic E-state index is 0.292. The van der Waals surface area contributed by atoms with Crippen LogP contribution in [0.15, 0.2) is 70.6 Å². The SMILES string of the molecule is COC(=O)C(CCCC/N=C/c1ccccc1)/N=C/c1ccccc1. The van der Waals surface area contributed by atoms with Crippen molar-refractivity contribution >= 4 is 18.4 Å². The molecule has 0 heterocycles. The molecule has 4 nitrogen and oxygen atoms in total.